The monoisotopic (exact) mass is 210 g/mol. The molecule has 0 aliphatic carbocycles. The smallest absolute Gasteiger partial charge is 0.123 e. The van der Waals surface area contributed by atoms with Crippen LogP contribution in [0.2, 0.25) is 0 Å². The first-order valence-corrected chi connectivity index (χ1v) is 5.15. The molecule has 0 aliphatic heterocycles. The largest absolute Gasteiger partial charge is 0.385 e. The van der Waals surface area contributed by atoms with Gasteiger partial charge in [0.1, 0.15) is 5.82 Å². The van der Waals surface area contributed by atoms with Gasteiger partial charge in [0.05, 0.1) is 5.60 Å². The fourth-order valence-electron chi connectivity index (χ4n) is 1.58. The molecule has 1 atom stereocenters. The molecular weight excluding hydrogens is 191 g/mol. The van der Waals surface area contributed by atoms with E-state index < -0.39 is 5.60 Å². The second-order valence-corrected chi connectivity index (χ2v) is 5.28. The summed E-state index contributed by atoms with van der Waals surface area (Å²) in [5.41, 5.74) is 0.340. The van der Waals surface area contributed by atoms with Crippen LogP contribution in [0.5, 0.6) is 0 Å². The highest BCUT2D eigenvalue weighted by molar-refractivity contribution is 5.32. The van der Waals surface area contributed by atoms with Gasteiger partial charge in [0.2, 0.25) is 0 Å². The van der Waals surface area contributed by atoms with Crippen molar-refractivity contribution in [3.63, 3.8) is 0 Å². The highest BCUT2D eigenvalue weighted by Gasteiger charge is 2.37. The third kappa shape index (κ3) is 2.20. The standard InChI is InChI=1S/C13H19FO/c1-9-8-10(14)6-7-11(9)13(5,15)12(2,3)4/h6-8,15H,1-5H3. The Bertz CT molecular complexity index is 361. The van der Waals surface area contributed by atoms with E-state index in [1.807, 2.05) is 27.7 Å². The maximum atomic E-state index is 13.0. The van der Waals surface area contributed by atoms with E-state index in [2.05, 4.69) is 0 Å². The summed E-state index contributed by atoms with van der Waals surface area (Å²) in [5.74, 6) is -0.263. The van der Waals surface area contributed by atoms with Crippen molar-refractivity contribution in [2.24, 2.45) is 5.41 Å². The number of rotatable bonds is 1. The molecule has 84 valence electrons. The average molecular weight is 210 g/mol. The Kier molecular flexibility index (Phi) is 2.92. The molecule has 0 bridgehead atoms. The van der Waals surface area contributed by atoms with Crippen LogP contribution >= 0.6 is 0 Å². The van der Waals surface area contributed by atoms with Crippen LogP contribution in [0.25, 0.3) is 0 Å². The molecule has 1 rings (SSSR count). The first-order chi connectivity index (χ1) is 6.66. The van der Waals surface area contributed by atoms with Gasteiger partial charge in [0.15, 0.2) is 0 Å². The van der Waals surface area contributed by atoms with E-state index in [9.17, 15) is 9.50 Å². The molecule has 0 saturated carbocycles. The zero-order valence-electron chi connectivity index (χ0n) is 10.1. The van der Waals surface area contributed by atoms with Crippen molar-refractivity contribution in [2.75, 3.05) is 0 Å². The summed E-state index contributed by atoms with van der Waals surface area (Å²) >= 11 is 0. The topological polar surface area (TPSA) is 20.2 Å². The number of benzene rings is 1. The highest BCUT2D eigenvalue weighted by atomic mass is 19.1. The van der Waals surface area contributed by atoms with Crippen molar-refractivity contribution in [2.45, 2.75) is 40.2 Å². The van der Waals surface area contributed by atoms with Gasteiger partial charge in [-0.05, 0) is 42.5 Å². The van der Waals surface area contributed by atoms with E-state index >= 15 is 0 Å². The highest BCUT2D eigenvalue weighted by Crippen LogP contribution is 2.40. The molecule has 1 unspecified atom stereocenters. The van der Waals surface area contributed by atoms with Gasteiger partial charge >= 0.3 is 0 Å². The molecule has 2 heteroatoms. The van der Waals surface area contributed by atoms with Crippen LogP contribution in [0.4, 0.5) is 4.39 Å². The molecule has 0 amide bonds. The molecule has 0 saturated heterocycles. The fourth-order valence-corrected chi connectivity index (χ4v) is 1.58. The fraction of sp³-hybridized carbons (Fsp3) is 0.538. The lowest BCUT2D eigenvalue weighted by atomic mass is 9.72. The van der Waals surface area contributed by atoms with E-state index in [1.54, 1.807) is 13.0 Å². The summed E-state index contributed by atoms with van der Waals surface area (Å²) in [7, 11) is 0. The summed E-state index contributed by atoms with van der Waals surface area (Å²) in [5, 5.41) is 10.5. The van der Waals surface area contributed by atoms with E-state index in [1.165, 1.54) is 12.1 Å². The first-order valence-electron chi connectivity index (χ1n) is 5.15. The summed E-state index contributed by atoms with van der Waals surface area (Å²) in [6, 6.07) is 4.51. The Morgan fingerprint density at radius 1 is 1.13 bits per heavy atom. The summed E-state index contributed by atoms with van der Waals surface area (Å²) in [6.45, 7) is 9.49. The maximum absolute atomic E-state index is 13.0. The van der Waals surface area contributed by atoms with Crippen LogP contribution in [0.1, 0.15) is 38.8 Å². The molecular formula is C13H19FO. The number of hydrogen-bond donors (Lipinski definition) is 1. The number of halogens is 1. The second kappa shape index (κ2) is 3.60. The van der Waals surface area contributed by atoms with Crippen LogP contribution < -0.4 is 0 Å². The predicted molar refractivity (Wildman–Crippen MR) is 60.2 cm³/mol. The van der Waals surface area contributed by atoms with Gasteiger partial charge in [0.25, 0.3) is 0 Å². The number of aliphatic hydroxyl groups is 1. The number of aryl methyl sites for hydroxylation is 1. The molecule has 0 fully saturated rings. The van der Waals surface area contributed by atoms with Crippen LogP contribution in [0.15, 0.2) is 18.2 Å². The van der Waals surface area contributed by atoms with Gasteiger partial charge in [0, 0.05) is 0 Å². The number of hydrogen-bond acceptors (Lipinski definition) is 1. The molecule has 0 heterocycles. The van der Waals surface area contributed by atoms with Gasteiger partial charge in [-0.2, -0.15) is 0 Å². The van der Waals surface area contributed by atoms with Gasteiger partial charge < -0.3 is 5.11 Å². The van der Waals surface area contributed by atoms with Crippen molar-refractivity contribution < 1.29 is 9.50 Å². The Labute approximate surface area is 90.9 Å². The zero-order valence-corrected chi connectivity index (χ0v) is 10.1. The van der Waals surface area contributed by atoms with Crippen LogP contribution in [0.3, 0.4) is 0 Å². The van der Waals surface area contributed by atoms with Gasteiger partial charge in [-0.3, -0.25) is 0 Å². The summed E-state index contributed by atoms with van der Waals surface area (Å²) in [4.78, 5) is 0. The van der Waals surface area contributed by atoms with Gasteiger partial charge in [-0.25, -0.2) is 4.39 Å². The minimum absolute atomic E-state index is 0.263. The first kappa shape index (κ1) is 12.2. The Morgan fingerprint density at radius 2 is 1.67 bits per heavy atom. The molecule has 1 nitrogen and oxygen atoms in total. The molecule has 0 aliphatic rings. The third-order valence-corrected chi connectivity index (χ3v) is 3.17. The van der Waals surface area contributed by atoms with E-state index in [0.717, 1.165) is 11.1 Å². The quantitative estimate of drug-likeness (QED) is 0.753. The molecule has 1 aromatic rings. The second-order valence-electron chi connectivity index (χ2n) is 5.28. The van der Waals surface area contributed by atoms with E-state index in [0.29, 0.717) is 0 Å². The lowest BCUT2D eigenvalue weighted by Crippen LogP contribution is -2.37. The van der Waals surface area contributed by atoms with E-state index in [-0.39, 0.29) is 11.2 Å². The predicted octanol–water partition coefficient (Wildman–Crippen LogP) is 3.39. The van der Waals surface area contributed by atoms with Gasteiger partial charge in [-0.1, -0.05) is 26.8 Å². The Balaban J connectivity index is 3.28. The summed E-state index contributed by atoms with van der Waals surface area (Å²) < 4.78 is 13.0. The van der Waals surface area contributed by atoms with E-state index in [4.69, 9.17) is 0 Å². The Hall–Kier alpha value is -0.890. The van der Waals surface area contributed by atoms with Crippen molar-refractivity contribution >= 4 is 0 Å². The van der Waals surface area contributed by atoms with Crippen LogP contribution in [0, 0.1) is 18.2 Å². The maximum Gasteiger partial charge on any atom is 0.123 e. The molecule has 0 radical (unpaired) electrons. The minimum Gasteiger partial charge on any atom is -0.385 e. The lowest BCUT2D eigenvalue weighted by molar-refractivity contribution is -0.0475. The molecule has 15 heavy (non-hydrogen) atoms. The SMILES string of the molecule is Cc1cc(F)ccc1C(C)(O)C(C)(C)C. The average Bonchev–Trinajstić information content (AvgIpc) is 2.00. The molecule has 0 spiro atoms. The molecule has 0 aromatic heterocycles. The van der Waals surface area contributed by atoms with Crippen molar-refractivity contribution in [3.8, 4) is 0 Å². The minimum atomic E-state index is -0.954. The van der Waals surface area contributed by atoms with Gasteiger partial charge in [-0.15, -0.1) is 0 Å². The zero-order chi connectivity index (χ0) is 11.9. The van der Waals surface area contributed by atoms with Crippen molar-refractivity contribution in [1.82, 2.24) is 0 Å². The third-order valence-electron chi connectivity index (χ3n) is 3.17. The lowest BCUT2D eigenvalue weighted by Gasteiger charge is -2.38. The van der Waals surface area contributed by atoms with Crippen LogP contribution in [-0.2, 0) is 5.60 Å². The van der Waals surface area contributed by atoms with Crippen molar-refractivity contribution in [3.05, 3.63) is 35.1 Å². The normalized spacial score (nSPS) is 16.2. The molecule has 1 N–H and O–H groups in total. The summed E-state index contributed by atoms with van der Waals surface area (Å²) in [6.07, 6.45) is 0. The molecule has 1 aromatic carbocycles. The van der Waals surface area contributed by atoms with Crippen LogP contribution in [-0.4, -0.2) is 5.11 Å². The Morgan fingerprint density at radius 3 is 2.07 bits per heavy atom. The van der Waals surface area contributed by atoms with Crippen molar-refractivity contribution in [1.29, 1.82) is 0 Å².